The van der Waals surface area contributed by atoms with Gasteiger partial charge < -0.3 is 15.3 Å². The molecule has 3 N–H and O–H groups in total. The molecule has 98 valence electrons. The largest absolute Gasteiger partial charge is 0.399 e. The number of fused-ring (bicyclic) bond motifs is 2. The third-order valence-electron chi connectivity index (χ3n) is 3.70. The van der Waals surface area contributed by atoms with Gasteiger partial charge in [0.05, 0.1) is 0 Å². The lowest BCUT2D eigenvalue weighted by molar-refractivity contribution is 0.970. The Hall–Kier alpha value is -2.75. The number of benzene rings is 1. The van der Waals surface area contributed by atoms with Gasteiger partial charge in [-0.25, -0.2) is 4.98 Å². The highest BCUT2D eigenvalue weighted by Gasteiger charge is 2.11. The van der Waals surface area contributed by atoms with Crippen LogP contribution in [-0.4, -0.2) is 14.5 Å². The minimum atomic E-state index is 0.777. The molecule has 0 saturated carbocycles. The Labute approximate surface area is 115 Å². The predicted molar refractivity (Wildman–Crippen MR) is 82.4 cm³/mol. The fourth-order valence-electron chi connectivity index (χ4n) is 2.73. The average molecular weight is 262 g/mol. The third-order valence-corrected chi connectivity index (χ3v) is 3.70. The van der Waals surface area contributed by atoms with Crippen LogP contribution in [0, 0.1) is 0 Å². The molecule has 0 radical (unpaired) electrons. The number of nitrogens with one attached hydrogen (secondary N) is 1. The van der Waals surface area contributed by atoms with E-state index in [9.17, 15) is 0 Å². The maximum absolute atomic E-state index is 5.92. The Morgan fingerprint density at radius 2 is 2.10 bits per heavy atom. The molecule has 0 bridgehead atoms. The van der Waals surface area contributed by atoms with Crippen molar-refractivity contribution in [3.8, 4) is 11.3 Å². The van der Waals surface area contributed by atoms with Crippen molar-refractivity contribution in [2.45, 2.75) is 0 Å². The number of aromatic amines is 1. The van der Waals surface area contributed by atoms with Gasteiger partial charge in [-0.15, -0.1) is 0 Å². The van der Waals surface area contributed by atoms with E-state index < -0.39 is 0 Å². The summed E-state index contributed by atoms with van der Waals surface area (Å²) in [7, 11) is 2.04. The van der Waals surface area contributed by atoms with E-state index in [0.717, 1.165) is 33.4 Å². The number of nitrogens with two attached hydrogens (primary N) is 1. The van der Waals surface area contributed by atoms with Crippen LogP contribution in [0.25, 0.3) is 33.2 Å². The minimum absolute atomic E-state index is 0.777. The van der Waals surface area contributed by atoms with E-state index in [1.54, 1.807) is 6.20 Å². The SMILES string of the molecule is Cn1cc(-c2cc3cccnc3[nH]2)c2cc(N)ccc21. The van der Waals surface area contributed by atoms with Crippen molar-refractivity contribution in [3.63, 3.8) is 0 Å². The van der Waals surface area contributed by atoms with Gasteiger partial charge in [-0.2, -0.15) is 0 Å². The van der Waals surface area contributed by atoms with E-state index >= 15 is 0 Å². The summed E-state index contributed by atoms with van der Waals surface area (Å²) in [5.74, 6) is 0. The highest BCUT2D eigenvalue weighted by molar-refractivity contribution is 5.99. The number of anilines is 1. The van der Waals surface area contributed by atoms with Gasteiger partial charge in [0, 0.05) is 52.7 Å². The molecule has 3 heterocycles. The number of hydrogen-bond acceptors (Lipinski definition) is 2. The normalized spacial score (nSPS) is 11.4. The van der Waals surface area contributed by atoms with Gasteiger partial charge >= 0.3 is 0 Å². The average Bonchev–Trinajstić information content (AvgIpc) is 3.00. The predicted octanol–water partition coefficient (Wildman–Crippen LogP) is 3.30. The molecule has 4 rings (SSSR count). The van der Waals surface area contributed by atoms with Gasteiger partial charge in [0.15, 0.2) is 0 Å². The molecular formula is C16H14N4. The summed E-state index contributed by atoms with van der Waals surface area (Å²) >= 11 is 0. The molecule has 0 atom stereocenters. The number of hydrogen-bond donors (Lipinski definition) is 2. The van der Waals surface area contributed by atoms with Gasteiger partial charge in [0.1, 0.15) is 5.65 Å². The Morgan fingerprint density at radius 1 is 1.20 bits per heavy atom. The summed E-state index contributed by atoms with van der Waals surface area (Å²) in [4.78, 5) is 7.72. The summed E-state index contributed by atoms with van der Waals surface area (Å²) in [5, 5.41) is 2.27. The summed E-state index contributed by atoms with van der Waals surface area (Å²) in [6.45, 7) is 0. The lowest BCUT2D eigenvalue weighted by Crippen LogP contribution is -1.85. The maximum atomic E-state index is 5.92. The zero-order chi connectivity index (χ0) is 13.7. The van der Waals surface area contributed by atoms with Gasteiger partial charge in [0.2, 0.25) is 0 Å². The Bertz CT molecular complexity index is 897. The Kier molecular flexibility index (Phi) is 2.15. The standard InChI is InChI=1S/C16H14N4/c1-20-9-13(12-8-11(17)4-5-15(12)20)14-7-10-3-2-6-18-16(10)19-14/h2-9H,17H2,1H3,(H,18,19). The van der Waals surface area contributed by atoms with Crippen LogP contribution in [0.3, 0.4) is 0 Å². The van der Waals surface area contributed by atoms with Crippen molar-refractivity contribution in [3.05, 3.63) is 48.8 Å². The number of aryl methyl sites for hydroxylation is 1. The Morgan fingerprint density at radius 3 is 2.95 bits per heavy atom. The van der Waals surface area contributed by atoms with Crippen molar-refractivity contribution in [2.24, 2.45) is 7.05 Å². The first-order chi connectivity index (χ1) is 9.72. The second-order valence-corrected chi connectivity index (χ2v) is 5.05. The molecule has 0 amide bonds. The summed E-state index contributed by atoms with van der Waals surface area (Å²) in [6.07, 6.45) is 3.92. The van der Waals surface area contributed by atoms with Crippen molar-refractivity contribution in [1.82, 2.24) is 14.5 Å². The lowest BCUT2D eigenvalue weighted by Gasteiger charge is -1.98. The number of pyridine rings is 1. The fourth-order valence-corrected chi connectivity index (χ4v) is 2.73. The zero-order valence-electron chi connectivity index (χ0n) is 11.1. The molecule has 20 heavy (non-hydrogen) atoms. The van der Waals surface area contributed by atoms with Crippen LogP contribution >= 0.6 is 0 Å². The first kappa shape index (κ1) is 11.1. The van der Waals surface area contributed by atoms with Crippen LogP contribution in [0.1, 0.15) is 0 Å². The summed E-state index contributed by atoms with van der Waals surface area (Å²) < 4.78 is 2.11. The third kappa shape index (κ3) is 1.51. The number of nitrogen functional groups attached to an aromatic ring is 1. The molecule has 0 aliphatic carbocycles. The molecule has 0 spiro atoms. The molecule has 0 fully saturated rings. The van der Waals surface area contributed by atoms with Crippen LogP contribution in [0.4, 0.5) is 5.69 Å². The topological polar surface area (TPSA) is 59.6 Å². The number of rotatable bonds is 1. The van der Waals surface area contributed by atoms with Gasteiger partial charge in [-0.1, -0.05) is 0 Å². The first-order valence-corrected chi connectivity index (χ1v) is 6.51. The van der Waals surface area contributed by atoms with E-state index in [4.69, 9.17) is 5.73 Å². The van der Waals surface area contributed by atoms with Gasteiger partial charge in [-0.3, -0.25) is 0 Å². The van der Waals surface area contributed by atoms with Gasteiger partial charge in [-0.05, 0) is 36.4 Å². The van der Waals surface area contributed by atoms with Crippen LogP contribution in [0.5, 0.6) is 0 Å². The van der Waals surface area contributed by atoms with E-state index in [1.165, 1.54) is 5.52 Å². The molecule has 0 aliphatic rings. The van der Waals surface area contributed by atoms with E-state index in [2.05, 4.69) is 38.9 Å². The van der Waals surface area contributed by atoms with E-state index in [1.807, 2.05) is 25.2 Å². The number of nitrogens with zero attached hydrogens (tertiary/aromatic N) is 2. The molecule has 4 nitrogen and oxygen atoms in total. The lowest BCUT2D eigenvalue weighted by atomic mass is 10.1. The molecular weight excluding hydrogens is 248 g/mol. The van der Waals surface area contributed by atoms with Crippen LogP contribution in [0.2, 0.25) is 0 Å². The zero-order valence-corrected chi connectivity index (χ0v) is 11.1. The van der Waals surface area contributed by atoms with Crippen molar-refractivity contribution in [1.29, 1.82) is 0 Å². The molecule has 0 unspecified atom stereocenters. The molecule has 0 aliphatic heterocycles. The second kappa shape index (κ2) is 3.87. The first-order valence-electron chi connectivity index (χ1n) is 6.51. The smallest absolute Gasteiger partial charge is 0.137 e. The van der Waals surface area contributed by atoms with E-state index in [0.29, 0.717) is 0 Å². The maximum Gasteiger partial charge on any atom is 0.137 e. The molecule has 3 aromatic heterocycles. The minimum Gasteiger partial charge on any atom is -0.399 e. The Balaban J connectivity index is 2.04. The van der Waals surface area contributed by atoms with Crippen molar-refractivity contribution in [2.75, 3.05) is 5.73 Å². The van der Waals surface area contributed by atoms with Crippen LogP contribution < -0.4 is 5.73 Å². The highest BCUT2D eigenvalue weighted by Crippen LogP contribution is 2.32. The molecule has 1 aromatic carbocycles. The summed E-state index contributed by atoms with van der Waals surface area (Å²) in [5.41, 5.74) is 11.0. The van der Waals surface area contributed by atoms with Crippen molar-refractivity contribution >= 4 is 27.6 Å². The molecule has 4 aromatic rings. The van der Waals surface area contributed by atoms with Crippen LogP contribution in [-0.2, 0) is 7.05 Å². The second-order valence-electron chi connectivity index (χ2n) is 5.05. The van der Waals surface area contributed by atoms with E-state index in [-0.39, 0.29) is 0 Å². The molecule has 0 saturated heterocycles. The van der Waals surface area contributed by atoms with Crippen LogP contribution in [0.15, 0.2) is 48.8 Å². The quantitative estimate of drug-likeness (QED) is 0.517. The van der Waals surface area contributed by atoms with Crippen molar-refractivity contribution < 1.29 is 0 Å². The summed E-state index contributed by atoms with van der Waals surface area (Å²) in [6, 6.07) is 12.1. The fraction of sp³-hybridized carbons (Fsp3) is 0.0625. The number of H-pyrrole nitrogens is 1. The monoisotopic (exact) mass is 262 g/mol. The number of aromatic nitrogens is 3. The van der Waals surface area contributed by atoms with Gasteiger partial charge in [0.25, 0.3) is 0 Å². The molecule has 4 heteroatoms. The highest BCUT2D eigenvalue weighted by atomic mass is 14.9.